The van der Waals surface area contributed by atoms with E-state index >= 15 is 0 Å². The fraction of sp³-hybridized carbons (Fsp3) is 0.190. The average molecular weight is 865 g/mol. The lowest BCUT2D eigenvalue weighted by Gasteiger charge is -2.05. The lowest BCUT2D eigenvalue weighted by molar-refractivity contribution is 0.0701. The summed E-state index contributed by atoms with van der Waals surface area (Å²) >= 11 is 2.58. The summed E-state index contributed by atoms with van der Waals surface area (Å²) in [5.74, 6) is 2.33. The highest BCUT2D eigenvalue weighted by Crippen LogP contribution is 2.35. The van der Waals surface area contributed by atoms with Gasteiger partial charge < -0.3 is 56.5 Å². The number of H-pyrrole nitrogens is 2. The third kappa shape index (κ3) is 10.7. The van der Waals surface area contributed by atoms with Crippen molar-refractivity contribution in [1.82, 2.24) is 35.2 Å². The second kappa shape index (κ2) is 20.4. The summed E-state index contributed by atoms with van der Waals surface area (Å²) in [6.45, 7) is 2.22. The second-order valence-corrected chi connectivity index (χ2v) is 15.1. The van der Waals surface area contributed by atoms with Gasteiger partial charge >= 0.3 is 5.97 Å². The Morgan fingerprint density at radius 3 is 1.61 bits per heavy atom. The molecule has 0 fully saturated rings. The molecule has 19 heteroatoms. The molecule has 8 aromatic rings. The number of carbonyl (C=O) groups excluding carboxylic acids is 1. The average Bonchev–Trinajstić information content (AvgIpc) is 4.11. The van der Waals surface area contributed by atoms with Crippen molar-refractivity contribution in [2.45, 2.75) is 0 Å². The van der Waals surface area contributed by atoms with Crippen LogP contribution < -0.4 is 32.0 Å². The summed E-state index contributed by atoms with van der Waals surface area (Å²) in [4.78, 5) is 50.2. The number of ether oxygens (including phenoxy) is 4. The molecular formula is C42H44N10O7S2. The smallest absolute Gasteiger partial charge is 0.345 e. The first kappa shape index (κ1) is 43.7. The van der Waals surface area contributed by atoms with Crippen molar-refractivity contribution >= 4 is 68.3 Å². The van der Waals surface area contributed by atoms with Crippen LogP contribution in [0.4, 0.5) is 11.6 Å². The van der Waals surface area contributed by atoms with Crippen molar-refractivity contribution in [3.8, 4) is 55.2 Å². The monoisotopic (exact) mass is 864 g/mol. The van der Waals surface area contributed by atoms with E-state index in [-0.39, 0.29) is 10.8 Å². The quantitative estimate of drug-likeness (QED) is 0.0606. The molecule has 61 heavy (non-hydrogen) atoms. The maximum atomic E-state index is 12.2. The molecule has 0 saturated heterocycles. The summed E-state index contributed by atoms with van der Waals surface area (Å²) in [5, 5.41) is 11.9. The number of aromatic carboxylic acids is 1. The van der Waals surface area contributed by atoms with Crippen LogP contribution >= 0.6 is 22.7 Å². The first-order valence-corrected chi connectivity index (χ1v) is 20.2. The van der Waals surface area contributed by atoms with Gasteiger partial charge in [0.1, 0.15) is 39.7 Å². The Labute approximate surface area is 357 Å². The van der Waals surface area contributed by atoms with Gasteiger partial charge in [-0.15, -0.1) is 22.7 Å². The third-order valence-electron chi connectivity index (χ3n) is 8.85. The lowest BCUT2D eigenvalue weighted by atomic mass is 10.1. The number of nitrogen functional groups attached to an aromatic ring is 2. The fourth-order valence-electron chi connectivity index (χ4n) is 5.78. The fourth-order valence-corrected chi connectivity index (χ4v) is 7.51. The molecule has 0 unspecified atom stereocenters. The number of amides is 1. The van der Waals surface area contributed by atoms with E-state index in [0.29, 0.717) is 65.6 Å². The highest BCUT2D eigenvalue weighted by Gasteiger charge is 2.16. The van der Waals surface area contributed by atoms with Crippen molar-refractivity contribution in [2.75, 3.05) is 66.2 Å². The van der Waals surface area contributed by atoms with E-state index in [0.717, 1.165) is 54.4 Å². The number of rotatable bonds is 13. The van der Waals surface area contributed by atoms with Crippen LogP contribution in [0, 0.1) is 0 Å². The summed E-state index contributed by atoms with van der Waals surface area (Å²) < 4.78 is 20.0. The summed E-state index contributed by atoms with van der Waals surface area (Å²) in [7, 11) is 6.46. The first-order valence-electron chi connectivity index (χ1n) is 18.5. The number of thiophene rings is 2. The molecule has 10 N–H and O–H groups in total. The number of hydrogen-bond acceptors (Lipinski definition) is 15. The zero-order valence-corrected chi connectivity index (χ0v) is 35.3. The van der Waals surface area contributed by atoms with Crippen LogP contribution in [0.2, 0.25) is 0 Å². The summed E-state index contributed by atoms with van der Waals surface area (Å²) in [6, 6.07) is 22.0. The predicted octanol–water partition coefficient (Wildman–Crippen LogP) is 6.55. The SMILES string of the molecule is COCCN.COCCNC(=O)c1ccc(-c2cnc(N)c(-c3nc4ccc(OC)cc4[nH]3)c2)s1.COc1ccc2nc(-c3cc(-c4ccc(C(=O)O)s4)cnc3N)[nH]c2c1. The van der Waals surface area contributed by atoms with Crippen molar-refractivity contribution in [2.24, 2.45) is 5.73 Å². The molecule has 6 aromatic heterocycles. The van der Waals surface area contributed by atoms with E-state index in [4.69, 9.17) is 36.5 Å². The molecule has 316 valence electrons. The number of carboxylic acid groups (broad SMARTS) is 1. The summed E-state index contributed by atoms with van der Waals surface area (Å²) in [6.07, 6.45) is 3.32. The van der Waals surface area contributed by atoms with Gasteiger partial charge in [0.25, 0.3) is 5.91 Å². The number of methoxy groups -OCH3 is 4. The number of aromatic nitrogens is 6. The van der Waals surface area contributed by atoms with Crippen LogP contribution in [-0.4, -0.2) is 102 Å². The second-order valence-electron chi connectivity index (χ2n) is 12.9. The maximum Gasteiger partial charge on any atom is 0.345 e. The summed E-state index contributed by atoms with van der Waals surface area (Å²) in [5.41, 5.74) is 23.5. The third-order valence-corrected chi connectivity index (χ3v) is 11.1. The number of carboxylic acids is 1. The molecule has 17 nitrogen and oxygen atoms in total. The number of nitrogens with one attached hydrogen (secondary N) is 3. The number of hydrogen-bond donors (Lipinski definition) is 7. The predicted molar refractivity (Wildman–Crippen MR) is 239 cm³/mol. The van der Waals surface area contributed by atoms with Gasteiger partial charge in [0.15, 0.2) is 0 Å². The molecule has 1 amide bonds. The number of aromatic amines is 2. The van der Waals surface area contributed by atoms with Gasteiger partial charge in [0.2, 0.25) is 0 Å². The van der Waals surface area contributed by atoms with E-state index in [1.807, 2.05) is 54.6 Å². The molecule has 0 spiro atoms. The molecule has 0 aliphatic heterocycles. The van der Waals surface area contributed by atoms with Gasteiger partial charge in [-0.05, 0) is 60.7 Å². The number of nitrogens with zero attached hydrogens (tertiary/aromatic N) is 4. The lowest BCUT2D eigenvalue weighted by Crippen LogP contribution is -2.26. The van der Waals surface area contributed by atoms with Crippen LogP contribution in [0.1, 0.15) is 19.3 Å². The molecule has 0 atom stereocenters. The van der Waals surface area contributed by atoms with Crippen molar-refractivity contribution in [1.29, 1.82) is 0 Å². The van der Waals surface area contributed by atoms with Crippen LogP contribution in [0.25, 0.3) is 65.7 Å². The number of carbonyl (C=O) groups is 2. The molecule has 0 aliphatic rings. The van der Waals surface area contributed by atoms with Gasteiger partial charge in [-0.2, -0.15) is 0 Å². The van der Waals surface area contributed by atoms with Crippen LogP contribution in [0.15, 0.2) is 85.2 Å². The Balaban J connectivity index is 0.000000185. The van der Waals surface area contributed by atoms with Gasteiger partial charge in [0.05, 0.1) is 65.5 Å². The van der Waals surface area contributed by atoms with Crippen molar-refractivity contribution in [3.63, 3.8) is 0 Å². The van der Waals surface area contributed by atoms with Gasteiger partial charge in [-0.3, -0.25) is 4.79 Å². The van der Waals surface area contributed by atoms with Gasteiger partial charge in [-0.1, -0.05) is 0 Å². The molecular weight excluding hydrogens is 821 g/mol. The Kier molecular flexibility index (Phi) is 14.6. The number of benzene rings is 2. The van der Waals surface area contributed by atoms with E-state index in [2.05, 4.69) is 40.0 Å². The molecule has 8 rings (SSSR count). The Morgan fingerprint density at radius 1 is 0.689 bits per heavy atom. The van der Waals surface area contributed by atoms with E-state index in [1.165, 1.54) is 22.7 Å². The van der Waals surface area contributed by atoms with Crippen LogP contribution in [-0.2, 0) is 9.47 Å². The number of anilines is 2. The highest BCUT2D eigenvalue weighted by atomic mass is 32.1. The van der Waals surface area contributed by atoms with E-state index < -0.39 is 5.97 Å². The van der Waals surface area contributed by atoms with E-state index in [1.54, 1.807) is 59.0 Å². The van der Waals surface area contributed by atoms with E-state index in [9.17, 15) is 9.59 Å². The number of pyridine rings is 2. The van der Waals surface area contributed by atoms with Gasteiger partial charge in [-0.25, -0.2) is 24.7 Å². The van der Waals surface area contributed by atoms with Crippen molar-refractivity contribution < 1.29 is 33.6 Å². The topological polar surface area (TPSA) is 265 Å². The Morgan fingerprint density at radius 2 is 1.18 bits per heavy atom. The van der Waals surface area contributed by atoms with Crippen molar-refractivity contribution in [3.05, 3.63) is 94.9 Å². The standard InChI is InChI=1S/C21H21N5O3S.C18H14N4O3S.C3H9NO/c1-28-8-7-23-21(27)18-6-5-17(30-18)12-9-14(19(22)24-11-12)20-25-15-4-3-13(29-2)10-16(15)26-20;1-25-10-2-3-12-13(7-10)22-17(21-12)11-6-9(8-20-16(11)19)14-4-5-15(26-14)18(23)24;1-5-3-2-4/h3-6,9-11H,7-8H2,1-2H3,(H2,22,24)(H,23,27)(H,25,26);2-8H,1H3,(H2,19,20)(H,21,22)(H,23,24);2-4H2,1H3. The zero-order chi connectivity index (χ0) is 43.5. The minimum absolute atomic E-state index is 0.127. The molecule has 2 aromatic carbocycles. The minimum atomic E-state index is -0.948. The molecule has 0 radical (unpaired) electrons. The maximum absolute atomic E-state index is 12.2. The molecule has 0 saturated carbocycles. The largest absolute Gasteiger partial charge is 0.497 e. The number of imidazole rings is 2. The minimum Gasteiger partial charge on any atom is -0.497 e. The van der Waals surface area contributed by atoms with Gasteiger partial charge in [0, 0.05) is 72.7 Å². The normalized spacial score (nSPS) is 10.8. The molecule has 0 aliphatic carbocycles. The van der Waals surface area contributed by atoms with Crippen LogP contribution in [0.3, 0.4) is 0 Å². The number of fused-ring (bicyclic) bond motifs is 2. The molecule has 0 bridgehead atoms. The zero-order valence-electron chi connectivity index (χ0n) is 33.6. The number of nitrogens with two attached hydrogens (primary N) is 3. The van der Waals surface area contributed by atoms with Crippen LogP contribution in [0.5, 0.6) is 11.5 Å². The molecule has 6 heterocycles. The first-order chi connectivity index (χ1) is 29.5. The Bertz CT molecular complexity index is 2760. The highest BCUT2D eigenvalue weighted by molar-refractivity contribution is 7.17. The Hall–Kier alpha value is -6.90.